The van der Waals surface area contributed by atoms with Gasteiger partial charge in [-0.3, -0.25) is 4.79 Å². The van der Waals surface area contributed by atoms with Crippen molar-refractivity contribution < 1.29 is 13.6 Å². The summed E-state index contributed by atoms with van der Waals surface area (Å²) in [5.41, 5.74) is 5.95. The predicted octanol–water partition coefficient (Wildman–Crippen LogP) is 1.88. The second-order valence-electron chi connectivity index (χ2n) is 4.62. The van der Waals surface area contributed by atoms with Crippen molar-refractivity contribution in [3.63, 3.8) is 0 Å². The Morgan fingerprint density at radius 1 is 1.42 bits per heavy atom. The standard InChI is InChI=1S/C13H16F2N2O.ClH/c14-10-2-3-12(15)9(7-10)1-4-13(18)17-6-5-11(16)8-17;/h2-3,7,11H,1,4-6,8,16H2;1H. The molecule has 3 nitrogen and oxygen atoms in total. The zero-order valence-corrected chi connectivity index (χ0v) is 11.3. The van der Waals surface area contributed by atoms with Crippen LogP contribution in [0.15, 0.2) is 18.2 Å². The smallest absolute Gasteiger partial charge is 0.222 e. The lowest BCUT2D eigenvalue weighted by Gasteiger charge is -2.15. The van der Waals surface area contributed by atoms with Crippen molar-refractivity contribution in [2.75, 3.05) is 13.1 Å². The van der Waals surface area contributed by atoms with Crippen molar-refractivity contribution in [1.82, 2.24) is 4.90 Å². The van der Waals surface area contributed by atoms with Gasteiger partial charge < -0.3 is 10.6 Å². The molecule has 0 radical (unpaired) electrons. The van der Waals surface area contributed by atoms with Crippen molar-refractivity contribution in [2.24, 2.45) is 5.73 Å². The second-order valence-corrected chi connectivity index (χ2v) is 4.62. The molecule has 1 amide bonds. The maximum atomic E-state index is 13.3. The van der Waals surface area contributed by atoms with Gasteiger partial charge >= 0.3 is 0 Å². The SMILES string of the molecule is Cl.NC1CCN(C(=O)CCc2cc(F)ccc2F)C1. The number of aryl methyl sites for hydroxylation is 1. The first-order valence-electron chi connectivity index (χ1n) is 6.03. The number of likely N-dealkylation sites (tertiary alicyclic amines) is 1. The summed E-state index contributed by atoms with van der Waals surface area (Å²) in [6.07, 6.45) is 1.21. The summed E-state index contributed by atoms with van der Waals surface area (Å²) < 4.78 is 26.3. The molecule has 1 fully saturated rings. The summed E-state index contributed by atoms with van der Waals surface area (Å²) >= 11 is 0. The predicted molar refractivity (Wildman–Crippen MR) is 71.1 cm³/mol. The first-order valence-corrected chi connectivity index (χ1v) is 6.03. The first-order chi connectivity index (χ1) is 8.56. The number of hydrogen-bond donors (Lipinski definition) is 1. The number of carbonyl (C=O) groups is 1. The zero-order chi connectivity index (χ0) is 13.1. The normalized spacial score (nSPS) is 18.3. The van der Waals surface area contributed by atoms with Gasteiger partial charge in [-0.15, -0.1) is 12.4 Å². The molecule has 106 valence electrons. The lowest BCUT2D eigenvalue weighted by atomic mass is 10.1. The average Bonchev–Trinajstić information content (AvgIpc) is 2.77. The molecule has 0 aromatic heterocycles. The number of halogens is 3. The van der Waals surface area contributed by atoms with Crippen molar-refractivity contribution in [3.8, 4) is 0 Å². The Balaban J connectivity index is 0.00000180. The van der Waals surface area contributed by atoms with E-state index in [1.807, 2.05) is 0 Å². The fourth-order valence-electron chi connectivity index (χ4n) is 2.15. The van der Waals surface area contributed by atoms with Crippen LogP contribution in [0.5, 0.6) is 0 Å². The molecular weight excluding hydrogens is 274 g/mol. The largest absolute Gasteiger partial charge is 0.341 e. The summed E-state index contributed by atoms with van der Waals surface area (Å²) in [6.45, 7) is 1.22. The highest BCUT2D eigenvalue weighted by Gasteiger charge is 2.23. The number of benzene rings is 1. The Morgan fingerprint density at radius 3 is 2.79 bits per heavy atom. The van der Waals surface area contributed by atoms with Crippen LogP contribution >= 0.6 is 12.4 Å². The summed E-state index contributed by atoms with van der Waals surface area (Å²) in [5, 5.41) is 0. The Bertz CT molecular complexity index is 456. The van der Waals surface area contributed by atoms with Gasteiger partial charge in [-0.25, -0.2) is 8.78 Å². The fraction of sp³-hybridized carbons (Fsp3) is 0.462. The Kier molecular flexibility index (Phi) is 5.69. The topological polar surface area (TPSA) is 46.3 Å². The second kappa shape index (κ2) is 6.82. The Morgan fingerprint density at radius 2 is 2.16 bits per heavy atom. The van der Waals surface area contributed by atoms with Crippen LogP contribution in [0.4, 0.5) is 8.78 Å². The summed E-state index contributed by atoms with van der Waals surface area (Å²) in [4.78, 5) is 13.5. The molecule has 1 aliphatic rings. The van der Waals surface area contributed by atoms with Crippen LogP contribution in [0.3, 0.4) is 0 Å². The van der Waals surface area contributed by atoms with Crippen LogP contribution in [0.2, 0.25) is 0 Å². The van der Waals surface area contributed by atoms with E-state index in [-0.39, 0.29) is 42.8 Å². The molecule has 0 bridgehead atoms. The van der Waals surface area contributed by atoms with E-state index in [1.54, 1.807) is 4.90 Å². The molecule has 6 heteroatoms. The third-order valence-electron chi connectivity index (χ3n) is 3.19. The van der Waals surface area contributed by atoms with E-state index in [9.17, 15) is 13.6 Å². The van der Waals surface area contributed by atoms with Gasteiger partial charge in [0.1, 0.15) is 11.6 Å². The van der Waals surface area contributed by atoms with Crippen molar-refractivity contribution in [1.29, 1.82) is 0 Å². The van der Waals surface area contributed by atoms with Gasteiger partial charge in [-0.1, -0.05) is 0 Å². The lowest BCUT2D eigenvalue weighted by molar-refractivity contribution is -0.130. The molecule has 0 aliphatic carbocycles. The van der Waals surface area contributed by atoms with E-state index < -0.39 is 11.6 Å². The Labute approximate surface area is 117 Å². The summed E-state index contributed by atoms with van der Waals surface area (Å²) in [6, 6.07) is 3.33. The molecule has 19 heavy (non-hydrogen) atoms. The molecule has 2 N–H and O–H groups in total. The molecule has 1 saturated heterocycles. The van der Waals surface area contributed by atoms with Crippen LogP contribution in [-0.4, -0.2) is 29.9 Å². The highest BCUT2D eigenvalue weighted by molar-refractivity contribution is 5.85. The summed E-state index contributed by atoms with van der Waals surface area (Å²) in [5.74, 6) is -1.00. The van der Waals surface area contributed by atoms with Gasteiger partial charge in [-0.2, -0.15) is 0 Å². The molecular formula is C13H17ClF2N2O. The number of hydrogen-bond acceptors (Lipinski definition) is 2. The monoisotopic (exact) mass is 290 g/mol. The summed E-state index contributed by atoms with van der Waals surface area (Å²) in [7, 11) is 0. The van der Waals surface area contributed by atoms with Crippen LogP contribution in [0.1, 0.15) is 18.4 Å². The molecule has 1 heterocycles. The van der Waals surface area contributed by atoms with Gasteiger partial charge in [0.25, 0.3) is 0 Å². The number of nitrogens with zero attached hydrogens (tertiary/aromatic N) is 1. The third-order valence-corrected chi connectivity index (χ3v) is 3.19. The van der Waals surface area contributed by atoms with Crippen molar-refractivity contribution >= 4 is 18.3 Å². The number of rotatable bonds is 3. The number of nitrogens with two attached hydrogens (primary N) is 1. The van der Waals surface area contributed by atoms with Crippen LogP contribution < -0.4 is 5.73 Å². The highest BCUT2D eigenvalue weighted by Crippen LogP contribution is 2.14. The average molecular weight is 291 g/mol. The quantitative estimate of drug-likeness (QED) is 0.924. The third kappa shape index (κ3) is 4.14. The van der Waals surface area contributed by atoms with E-state index in [0.717, 1.165) is 24.6 Å². The van der Waals surface area contributed by atoms with E-state index in [2.05, 4.69) is 0 Å². The fourth-order valence-corrected chi connectivity index (χ4v) is 2.15. The molecule has 1 atom stereocenters. The number of amides is 1. The molecule has 1 aromatic rings. The van der Waals surface area contributed by atoms with Crippen LogP contribution in [0.25, 0.3) is 0 Å². The van der Waals surface area contributed by atoms with E-state index in [1.165, 1.54) is 0 Å². The van der Waals surface area contributed by atoms with Crippen LogP contribution in [-0.2, 0) is 11.2 Å². The first kappa shape index (κ1) is 15.9. The molecule has 0 saturated carbocycles. The highest BCUT2D eigenvalue weighted by atomic mass is 35.5. The minimum atomic E-state index is -0.484. The number of carbonyl (C=O) groups excluding carboxylic acids is 1. The molecule has 1 aromatic carbocycles. The van der Waals surface area contributed by atoms with Crippen molar-refractivity contribution in [2.45, 2.75) is 25.3 Å². The minimum absolute atomic E-state index is 0. The maximum Gasteiger partial charge on any atom is 0.222 e. The molecule has 1 unspecified atom stereocenters. The van der Waals surface area contributed by atoms with Gasteiger partial charge in [0.15, 0.2) is 0 Å². The molecule has 1 aliphatic heterocycles. The Hall–Kier alpha value is -1.20. The van der Waals surface area contributed by atoms with Crippen LogP contribution in [0, 0.1) is 11.6 Å². The molecule has 2 rings (SSSR count). The van der Waals surface area contributed by atoms with Gasteiger partial charge in [0.05, 0.1) is 0 Å². The minimum Gasteiger partial charge on any atom is -0.341 e. The van der Waals surface area contributed by atoms with Gasteiger partial charge in [-0.05, 0) is 36.6 Å². The van der Waals surface area contributed by atoms with Gasteiger partial charge in [0, 0.05) is 25.6 Å². The van der Waals surface area contributed by atoms with Gasteiger partial charge in [0.2, 0.25) is 5.91 Å². The zero-order valence-electron chi connectivity index (χ0n) is 10.4. The lowest BCUT2D eigenvalue weighted by Crippen LogP contribution is -2.32. The van der Waals surface area contributed by atoms with E-state index in [0.29, 0.717) is 13.1 Å². The van der Waals surface area contributed by atoms with E-state index >= 15 is 0 Å². The maximum absolute atomic E-state index is 13.3. The molecule has 0 spiro atoms. The van der Waals surface area contributed by atoms with Crippen molar-refractivity contribution in [3.05, 3.63) is 35.4 Å². The van der Waals surface area contributed by atoms with E-state index in [4.69, 9.17) is 5.73 Å².